The molecule has 4 heterocycles. The summed E-state index contributed by atoms with van der Waals surface area (Å²) in [5.74, 6) is 0.144. The second-order valence-electron chi connectivity index (χ2n) is 12.7. The number of hydrogen-bond acceptors (Lipinski definition) is 5. The molecular weight excluding hydrogens is 512 g/mol. The highest BCUT2D eigenvalue weighted by molar-refractivity contribution is 6.09. The standard InChI is InChI=1S/C34H42N4O3/c1-4-30(40)29-16-34-13-11-9-7-5-6-8-10-12-24-14-25(28-19-35-22(2)18-36-28)15-26-27(23(3)39)20-37(33(24)26)21-32(41)38(29)31(34)17-34/h14-15,18-20,29,31H,4-13,16-17,21H2,1-3H3/t29-,31+,34-/m0/s1. The third-order valence-electron chi connectivity index (χ3n) is 9.86. The number of carbonyl (C=O) groups excluding carboxylic acids is 3. The first kappa shape index (κ1) is 27.8. The Morgan fingerprint density at radius 1 is 1.00 bits per heavy atom. The van der Waals surface area contributed by atoms with Gasteiger partial charge < -0.3 is 9.47 Å². The van der Waals surface area contributed by atoms with Crippen molar-refractivity contribution in [2.24, 2.45) is 5.41 Å². The number of rotatable bonds is 4. The van der Waals surface area contributed by atoms with Gasteiger partial charge in [0.1, 0.15) is 6.54 Å². The van der Waals surface area contributed by atoms with Crippen LogP contribution in [0.4, 0.5) is 0 Å². The number of aromatic nitrogens is 3. The number of nitrogens with zero attached hydrogens (tertiary/aromatic N) is 4. The van der Waals surface area contributed by atoms with Crippen LogP contribution in [-0.2, 0) is 22.6 Å². The number of aryl methyl sites for hydroxylation is 2. The topological polar surface area (TPSA) is 85.2 Å². The third-order valence-corrected chi connectivity index (χ3v) is 9.86. The van der Waals surface area contributed by atoms with Gasteiger partial charge in [0.2, 0.25) is 5.91 Å². The molecule has 0 radical (unpaired) electrons. The highest BCUT2D eigenvalue weighted by Crippen LogP contribution is 2.62. The predicted octanol–water partition coefficient (Wildman–Crippen LogP) is 6.62. The van der Waals surface area contributed by atoms with Crippen LogP contribution in [-0.4, -0.2) is 49.0 Å². The zero-order valence-corrected chi connectivity index (χ0v) is 24.7. The molecule has 1 aromatic carbocycles. The van der Waals surface area contributed by atoms with Crippen LogP contribution in [0.15, 0.2) is 30.7 Å². The number of amides is 1. The van der Waals surface area contributed by atoms with Crippen LogP contribution in [0.25, 0.3) is 22.2 Å². The summed E-state index contributed by atoms with van der Waals surface area (Å²) in [5.41, 5.74) is 5.40. The Kier molecular flexibility index (Phi) is 7.56. The van der Waals surface area contributed by atoms with E-state index in [-0.39, 0.29) is 41.5 Å². The van der Waals surface area contributed by atoms with Crippen LogP contribution in [0, 0.1) is 12.3 Å². The van der Waals surface area contributed by atoms with Crippen LogP contribution < -0.4 is 0 Å². The van der Waals surface area contributed by atoms with Crippen LogP contribution in [0.3, 0.4) is 0 Å². The van der Waals surface area contributed by atoms with Gasteiger partial charge in [-0.3, -0.25) is 24.4 Å². The Balaban J connectivity index is 1.44. The maximum absolute atomic E-state index is 14.1. The smallest absolute Gasteiger partial charge is 0.243 e. The number of carbonyl (C=O) groups is 3. The van der Waals surface area contributed by atoms with Gasteiger partial charge in [-0.25, -0.2) is 0 Å². The largest absolute Gasteiger partial charge is 0.337 e. The first-order valence-electron chi connectivity index (χ1n) is 15.6. The van der Waals surface area contributed by atoms with E-state index in [0.717, 1.165) is 71.9 Å². The van der Waals surface area contributed by atoms with Gasteiger partial charge >= 0.3 is 0 Å². The quantitative estimate of drug-likeness (QED) is 0.338. The minimum Gasteiger partial charge on any atom is -0.337 e. The minimum atomic E-state index is -0.314. The first-order chi connectivity index (χ1) is 19.8. The SMILES string of the molecule is CCC(=O)[C@@H]1C[C@]23CCCCCCCCCc4cc(-c5cnc(C)cn5)cc5c(C(C)=O)cn(c45)CC(=O)N1[C@@H]2C3. The first-order valence-corrected chi connectivity index (χ1v) is 15.6. The van der Waals surface area contributed by atoms with Crippen molar-refractivity contribution < 1.29 is 14.4 Å². The summed E-state index contributed by atoms with van der Waals surface area (Å²) in [7, 11) is 0. The van der Waals surface area contributed by atoms with E-state index in [9.17, 15) is 14.4 Å². The van der Waals surface area contributed by atoms with Crippen molar-refractivity contribution >= 4 is 28.4 Å². The van der Waals surface area contributed by atoms with Gasteiger partial charge in [-0.1, -0.05) is 45.4 Å². The van der Waals surface area contributed by atoms with Gasteiger partial charge in [0.25, 0.3) is 0 Å². The lowest BCUT2D eigenvalue weighted by atomic mass is 9.91. The lowest BCUT2D eigenvalue weighted by Gasteiger charge is -2.27. The van der Waals surface area contributed by atoms with Crippen LogP contribution in [0.2, 0.25) is 0 Å². The Labute approximate surface area is 242 Å². The molecule has 1 aliphatic carbocycles. The molecule has 7 heteroatoms. The maximum atomic E-state index is 14.1. The summed E-state index contributed by atoms with van der Waals surface area (Å²) < 4.78 is 1.99. The van der Waals surface area contributed by atoms with E-state index < -0.39 is 0 Å². The summed E-state index contributed by atoms with van der Waals surface area (Å²) in [6.07, 6.45) is 18.0. The number of Topliss-reactive ketones (excluding diaryl/α,β-unsaturated/α-hetero) is 2. The molecule has 6 rings (SSSR count). The molecule has 3 aliphatic rings. The Hall–Kier alpha value is -3.35. The van der Waals surface area contributed by atoms with Crippen molar-refractivity contribution in [3.05, 3.63) is 47.5 Å². The minimum absolute atomic E-state index is 0.00285. The molecule has 1 amide bonds. The molecule has 1 saturated carbocycles. The summed E-state index contributed by atoms with van der Waals surface area (Å²) >= 11 is 0. The van der Waals surface area contributed by atoms with E-state index in [1.807, 2.05) is 35.6 Å². The zero-order chi connectivity index (χ0) is 28.7. The Morgan fingerprint density at radius 3 is 2.46 bits per heavy atom. The van der Waals surface area contributed by atoms with E-state index in [2.05, 4.69) is 16.0 Å². The van der Waals surface area contributed by atoms with Gasteiger partial charge in [-0.15, -0.1) is 0 Å². The summed E-state index contributed by atoms with van der Waals surface area (Å²) in [4.78, 5) is 51.1. The monoisotopic (exact) mass is 554 g/mol. The molecule has 2 bridgehead atoms. The van der Waals surface area contributed by atoms with Gasteiger partial charge in [0, 0.05) is 41.4 Å². The maximum Gasteiger partial charge on any atom is 0.243 e. The fourth-order valence-corrected chi connectivity index (χ4v) is 7.58. The molecule has 1 saturated heterocycles. The lowest BCUT2D eigenvalue weighted by molar-refractivity contribution is -0.139. The number of piperidine rings is 1. The van der Waals surface area contributed by atoms with E-state index >= 15 is 0 Å². The molecule has 0 spiro atoms. The molecule has 2 aromatic heterocycles. The van der Waals surface area contributed by atoms with Crippen molar-refractivity contribution in [2.45, 2.75) is 116 Å². The molecule has 0 unspecified atom stereocenters. The average molecular weight is 555 g/mol. The molecule has 0 N–H and O–H groups in total. The highest BCUT2D eigenvalue weighted by atomic mass is 16.2. The number of benzene rings is 1. The average Bonchev–Trinajstić information content (AvgIpc) is 3.36. The molecule has 3 aromatic rings. The zero-order valence-electron chi connectivity index (χ0n) is 24.7. The molecule has 41 heavy (non-hydrogen) atoms. The Morgan fingerprint density at radius 2 is 1.76 bits per heavy atom. The molecule has 3 atom stereocenters. The molecule has 2 fully saturated rings. The molecule has 2 aliphatic heterocycles. The normalized spacial score (nSPS) is 25.1. The number of ketones is 2. The predicted molar refractivity (Wildman–Crippen MR) is 160 cm³/mol. The Bertz CT molecular complexity index is 1490. The van der Waals surface area contributed by atoms with Gasteiger partial charge in [-0.2, -0.15) is 0 Å². The van der Waals surface area contributed by atoms with Crippen LogP contribution in [0.1, 0.15) is 106 Å². The van der Waals surface area contributed by atoms with Crippen molar-refractivity contribution in [1.82, 2.24) is 19.4 Å². The summed E-state index contributed by atoms with van der Waals surface area (Å²) in [5, 5.41) is 0.862. The lowest BCUT2D eigenvalue weighted by Crippen LogP contribution is -2.44. The highest BCUT2D eigenvalue weighted by Gasteiger charge is 2.65. The number of hydrogen-bond donors (Lipinski definition) is 0. The van der Waals surface area contributed by atoms with E-state index in [0.29, 0.717) is 12.0 Å². The second kappa shape index (κ2) is 11.1. The molecule has 216 valence electrons. The fourth-order valence-electron chi connectivity index (χ4n) is 7.58. The van der Waals surface area contributed by atoms with Crippen molar-refractivity contribution in [2.75, 3.05) is 0 Å². The second-order valence-corrected chi connectivity index (χ2v) is 12.7. The third kappa shape index (κ3) is 5.24. The van der Waals surface area contributed by atoms with Crippen LogP contribution in [0.5, 0.6) is 0 Å². The molecule has 7 nitrogen and oxygen atoms in total. The van der Waals surface area contributed by atoms with Gasteiger partial charge in [-0.05, 0) is 69.1 Å². The fraction of sp³-hybridized carbons (Fsp3) is 0.559. The van der Waals surface area contributed by atoms with Crippen molar-refractivity contribution in [3.63, 3.8) is 0 Å². The van der Waals surface area contributed by atoms with E-state index in [4.69, 9.17) is 0 Å². The van der Waals surface area contributed by atoms with E-state index in [1.54, 1.807) is 19.3 Å². The van der Waals surface area contributed by atoms with Gasteiger partial charge in [0.15, 0.2) is 11.6 Å². The summed E-state index contributed by atoms with van der Waals surface area (Å²) in [6, 6.07) is 4.06. The van der Waals surface area contributed by atoms with Crippen molar-refractivity contribution in [3.8, 4) is 11.3 Å². The van der Waals surface area contributed by atoms with Gasteiger partial charge in [0.05, 0.1) is 29.1 Å². The van der Waals surface area contributed by atoms with Crippen molar-refractivity contribution in [1.29, 1.82) is 0 Å². The molecular formula is C34H42N4O3. The summed E-state index contributed by atoms with van der Waals surface area (Å²) in [6.45, 7) is 5.55. The van der Waals surface area contributed by atoms with E-state index in [1.165, 1.54) is 32.1 Å². The van der Waals surface area contributed by atoms with Crippen LogP contribution >= 0.6 is 0 Å².